The van der Waals surface area contributed by atoms with Crippen molar-refractivity contribution in [3.63, 3.8) is 0 Å². The molecule has 0 aromatic heterocycles. The second-order valence-corrected chi connectivity index (χ2v) is 5.62. The lowest BCUT2D eigenvalue weighted by atomic mass is 10.0. The van der Waals surface area contributed by atoms with Gasteiger partial charge in [0.05, 0.1) is 17.8 Å². The van der Waals surface area contributed by atoms with Crippen molar-refractivity contribution in [1.29, 1.82) is 5.26 Å². The van der Waals surface area contributed by atoms with Crippen LogP contribution in [0.25, 0.3) is 0 Å². The van der Waals surface area contributed by atoms with Crippen LogP contribution in [0, 0.1) is 11.3 Å². The number of amides is 1. The average Bonchev–Trinajstić information content (AvgIpc) is 2.42. The molecule has 1 aliphatic rings. The molecular weight excluding hydrogens is 252 g/mol. The molecule has 1 aliphatic heterocycles. The molecule has 1 aromatic carbocycles. The smallest absolute Gasteiger partial charge is 0.238 e. The largest absolute Gasteiger partial charge is 0.324 e. The fraction of sp³-hybridized carbons (Fsp3) is 0.467. The number of nitriles is 1. The number of rotatable bonds is 3. The Bertz CT molecular complexity index is 533. The number of nitrogens with one attached hydrogen (secondary N) is 2. The summed E-state index contributed by atoms with van der Waals surface area (Å²) in [5, 5.41) is 15.2. The predicted molar refractivity (Wildman–Crippen MR) is 78.3 cm³/mol. The SMILES string of the molecule is CC1(C)CNCCN1CC(=O)Nc1ccccc1C#N. The average molecular weight is 272 g/mol. The molecule has 1 fully saturated rings. The summed E-state index contributed by atoms with van der Waals surface area (Å²) in [6.07, 6.45) is 0. The maximum absolute atomic E-state index is 12.2. The molecule has 5 nitrogen and oxygen atoms in total. The summed E-state index contributed by atoms with van der Waals surface area (Å²) in [5.41, 5.74) is 1.03. The fourth-order valence-corrected chi connectivity index (χ4v) is 2.37. The molecule has 5 heteroatoms. The third-order valence-corrected chi connectivity index (χ3v) is 3.63. The number of carbonyl (C=O) groups is 1. The van der Waals surface area contributed by atoms with Crippen molar-refractivity contribution >= 4 is 11.6 Å². The van der Waals surface area contributed by atoms with Crippen molar-refractivity contribution < 1.29 is 4.79 Å². The first-order valence-corrected chi connectivity index (χ1v) is 6.78. The van der Waals surface area contributed by atoms with Gasteiger partial charge in [-0.2, -0.15) is 5.26 Å². The molecule has 0 spiro atoms. The van der Waals surface area contributed by atoms with Gasteiger partial charge in [-0.3, -0.25) is 9.69 Å². The van der Waals surface area contributed by atoms with Gasteiger partial charge in [0.15, 0.2) is 0 Å². The van der Waals surface area contributed by atoms with Crippen molar-refractivity contribution in [2.24, 2.45) is 0 Å². The molecule has 0 atom stereocenters. The highest BCUT2D eigenvalue weighted by Gasteiger charge is 2.30. The van der Waals surface area contributed by atoms with E-state index in [0.717, 1.165) is 19.6 Å². The van der Waals surface area contributed by atoms with E-state index in [2.05, 4.69) is 35.5 Å². The van der Waals surface area contributed by atoms with Crippen LogP contribution in [0.5, 0.6) is 0 Å². The van der Waals surface area contributed by atoms with Gasteiger partial charge in [-0.05, 0) is 26.0 Å². The van der Waals surface area contributed by atoms with E-state index in [9.17, 15) is 4.79 Å². The Labute approximate surface area is 119 Å². The maximum Gasteiger partial charge on any atom is 0.238 e. The molecule has 1 aromatic rings. The van der Waals surface area contributed by atoms with Crippen LogP contribution in [0.1, 0.15) is 19.4 Å². The summed E-state index contributed by atoms with van der Waals surface area (Å²) in [5.74, 6) is -0.0809. The van der Waals surface area contributed by atoms with E-state index in [0.29, 0.717) is 17.8 Å². The molecule has 1 amide bonds. The van der Waals surface area contributed by atoms with E-state index >= 15 is 0 Å². The summed E-state index contributed by atoms with van der Waals surface area (Å²) in [4.78, 5) is 14.3. The van der Waals surface area contributed by atoms with E-state index in [-0.39, 0.29) is 11.4 Å². The van der Waals surface area contributed by atoms with Crippen molar-refractivity contribution in [3.05, 3.63) is 29.8 Å². The highest BCUT2D eigenvalue weighted by Crippen LogP contribution is 2.17. The Morgan fingerprint density at radius 2 is 2.25 bits per heavy atom. The lowest BCUT2D eigenvalue weighted by Crippen LogP contribution is -2.59. The van der Waals surface area contributed by atoms with Gasteiger partial charge in [-0.25, -0.2) is 0 Å². The van der Waals surface area contributed by atoms with Crippen LogP contribution in [0.4, 0.5) is 5.69 Å². The molecular formula is C15H20N4O. The molecule has 2 N–H and O–H groups in total. The Hall–Kier alpha value is -1.90. The molecule has 20 heavy (non-hydrogen) atoms. The van der Waals surface area contributed by atoms with Gasteiger partial charge in [0.1, 0.15) is 6.07 Å². The van der Waals surface area contributed by atoms with Gasteiger partial charge in [-0.15, -0.1) is 0 Å². The van der Waals surface area contributed by atoms with Gasteiger partial charge < -0.3 is 10.6 Å². The van der Waals surface area contributed by atoms with Gasteiger partial charge in [0.25, 0.3) is 0 Å². The Balaban J connectivity index is 2.01. The minimum Gasteiger partial charge on any atom is -0.324 e. The van der Waals surface area contributed by atoms with Crippen LogP contribution in [-0.2, 0) is 4.79 Å². The zero-order valence-corrected chi connectivity index (χ0v) is 11.9. The van der Waals surface area contributed by atoms with E-state index in [1.165, 1.54) is 0 Å². The zero-order chi connectivity index (χ0) is 14.6. The van der Waals surface area contributed by atoms with Crippen LogP contribution in [0.15, 0.2) is 24.3 Å². The second-order valence-electron chi connectivity index (χ2n) is 5.62. The van der Waals surface area contributed by atoms with E-state index in [1.807, 2.05) is 6.07 Å². The minimum absolute atomic E-state index is 0.0374. The maximum atomic E-state index is 12.2. The Morgan fingerprint density at radius 1 is 1.50 bits per heavy atom. The number of piperazine rings is 1. The summed E-state index contributed by atoms with van der Waals surface area (Å²) in [6.45, 7) is 7.20. The van der Waals surface area contributed by atoms with E-state index < -0.39 is 0 Å². The number of hydrogen-bond acceptors (Lipinski definition) is 4. The highest BCUT2D eigenvalue weighted by atomic mass is 16.2. The second kappa shape index (κ2) is 6.04. The van der Waals surface area contributed by atoms with Crippen LogP contribution in [0.2, 0.25) is 0 Å². The molecule has 0 radical (unpaired) electrons. The van der Waals surface area contributed by atoms with Crippen molar-refractivity contribution in [1.82, 2.24) is 10.2 Å². The van der Waals surface area contributed by atoms with Crippen LogP contribution >= 0.6 is 0 Å². The normalized spacial score (nSPS) is 18.2. The first kappa shape index (κ1) is 14.5. The lowest BCUT2D eigenvalue weighted by molar-refractivity contribution is -0.119. The minimum atomic E-state index is -0.0809. The Kier molecular flexibility index (Phi) is 4.38. The first-order valence-electron chi connectivity index (χ1n) is 6.78. The lowest BCUT2D eigenvalue weighted by Gasteiger charge is -2.42. The molecule has 0 aliphatic carbocycles. The predicted octanol–water partition coefficient (Wildman–Crippen LogP) is 1.18. The molecule has 0 bridgehead atoms. The van der Waals surface area contributed by atoms with E-state index in [1.54, 1.807) is 18.2 Å². The summed E-state index contributed by atoms with van der Waals surface area (Å²) >= 11 is 0. The molecule has 2 rings (SSSR count). The van der Waals surface area contributed by atoms with Crippen LogP contribution in [0.3, 0.4) is 0 Å². The summed E-state index contributed by atoms with van der Waals surface area (Å²) < 4.78 is 0. The van der Waals surface area contributed by atoms with E-state index in [4.69, 9.17) is 5.26 Å². The zero-order valence-electron chi connectivity index (χ0n) is 11.9. The number of para-hydroxylation sites is 1. The van der Waals surface area contributed by atoms with Crippen molar-refractivity contribution in [2.45, 2.75) is 19.4 Å². The van der Waals surface area contributed by atoms with Gasteiger partial charge in [-0.1, -0.05) is 12.1 Å². The molecule has 0 saturated carbocycles. The topological polar surface area (TPSA) is 68.2 Å². The van der Waals surface area contributed by atoms with Crippen molar-refractivity contribution in [2.75, 3.05) is 31.5 Å². The molecule has 0 unspecified atom stereocenters. The van der Waals surface area contributed by atoms with Crippen LogP contribution < -0.4 is 10.6 Å². The van der Waals surface area contributed by atoms with Gasteiger partial charge in [0, 0.05) is 25.2 Å². The monoisotopic (exact) mass is 272 g/mol. The quantitative estimate of drug-likeness (QED) is 0.867. The third kappa shape index (κ3) is 3.35. The standard InChI is InChI=1S/C15H20N4O/c1-15(2)11-17-7-8-19(15)10-14(20)18-13-6-4-3-5-12(13)9-16/h3-6,17H,7-8,10-11H2,1-2H3,(H,18,20). The molecule has 106 valence electrons. The fourth-order valence-electron chi connectivity index (χ4n) is 2.37. The summed E-state index contributed by atoms with van der Waals surface area (Å²) in [7, 11) is 0. The van der Waals surface area contributed by atoms with Gasteiger partial charge in [0.2, 0.25) is 5.91 Å². The number of hydrogen-bond donors (Lipinski definition) is 2. The highest BCUT2D eigenvalue weighted by molar-refractivity contribution is 5.93. The number of benzene rings is 1. The molecule has 1 heterocycles. The number of carbonyl (C=O) groups excluding carboxylic acids is 1. The first-order chi connectivity index (χ1) is 9.53. The number of anilines is 1. The summed E-state index contributed by atoms with van der Waals surface area (Å²) in [6, 6.07) is 9.13. The number of nitrogens with zero attached hydrogens (tertiary/aromatic N) is 2. The third-order valence-electron chi connectivity index (χ3n) is 3.63. The van der Waals surface area contributed by atoms with Crippen LogP contribution in [-0.4, -0.2) is 42.5 Å². The Morgan fingerprint density at radius 3 is 2.95 bits per heavy atom. The molecule has 1 saturated heterocycles. The van der Waals surface area contributed by atoms with Gasteiger partial charge >= 0.3 is 0 Å². The van der Waals surface area contributed by atoms with Crippen molar-refractivity contribution in [3.8, 4) is 6.07 Å².